The van der Waals surface area contributed by atoms with E-state index in [-0.39, 0.29) is 23.0 Å². The molecule has 0 aliphatic carbocycles. The second kappa shape index (κ2) is 3.85. The number of hydrogen-bond donors (Lipinski definition) is 2. The molecule has 1 aromatic heterocycles. The normalized spacial score (nSPS) is 10.8. The number of rotatable bonds is 2. The Morgan fingerprint density at radius 1 is 1.62 bits per heavy atom. The fraction of sp³-hybridized carbons (Fsp3) is 0.286. The number of halogens is 3. The number of nitrogens with zero attached hydrogens (tertiary/aromatic N) is 1. The maximum atomic E-state index is 12.2. The summed E-state index contributed by atoms with van der Waals surface area (Å²) in [5.41, 5.74) is 4.88. The molecule has 72 valence electrons. The van der Waals surface area contributed by atoms with Crippen LogP contribution in [0.25, 0.3) is 0 Å². The molecule has 0 aliphatic rings. The molecule has 0 spiro atoms. The summed E-state index contributed by atoms with van der Waals surface area (Å²) in [7, 11) is 0. The minimum Gasteiger partial charge on any atom is -0.504 e. The molecule has 1 heterocycles. The highest BCUT2D eigenvalue weighted by atomic mass is 35.5. The molecular weight excluding hydrogens is 202 g/mol. The van der Waals surface area contributed by atoms with Gasteiger partial charge in [-0.05, 0) is 6.07 Å². The molecule has 0 unspecified atom stereocenters. The molecule has 3 N–H and O–H groups in total. The lowest BCUT2D eigenvalue weighted by atomic mass is 10.2. The van der Waals surface area contributed by atoms with E-state index in [4.69, 9.17) is 17.3 Å². The molecule has 0 saturated heterocycles. The Bertz CT molecular complexity index is 320. The van der Waals surface area contributed by atoms with Crippen LogP contribution < -0.4 is 5.73 Å². The van der Waals surface area contributed by atoms with Crippen LogP contribution in [0.4, 0.5) is 8.78 Å². The number of nitrogens with two attached hydrogens (primary N) is 1. The van der Waals surface area contributed by atoms with Crippen molar-refractivity contribution in [3.05, 3.63) is 22.5 Å². The highest BCUT2D eigenvalue weighted by molar-refractivity contribution is 6.30. The first-order valence-corrected chi connectivity index (χ1v) is 3.80. The summed E-state index contributed by atoms with van der Waals surface area (Å²) in [5, 5.41) is 8.84. The van der Waals surface area contributed by atoms with Crippen LogP contribution in [-0.4, -0.2) is 10.1 Å². The van der Waals surface area contributed by atoms with Crippen molar-refractivity contribution in [2.45, 2.75) is 13.0 Å². The van der Waals surface area contributed by atoms with Gasteiger partial charge in [0.25, 0.3) is 6.43 Å². The highest BCUT2D eigenvalue weighted by Gasteiger charge is 2.14. The first-order chi connectivity index (χ1) is 6.06. The Labute approximate surface area is 78.1 Å². The zero-order valence-electron chi connectivity index (χ0n) is 6.47. The molecule has 0 aliphatic heterocycles. The summed E-state index contributed by atoms with van der Waals surface area (Å²) in [5.74, 6) is -0.339. The second-order valence-electron chi connectivity index (χ2n) is 2.35. The van der Waals surface area contributed by atoms with Gasteiger partial charge in [0.15, 0.2) is 10.9 Å². The maximum Gasteiger partial charge on any atom is 0.280 e. The molecule has 0 atom stereocenters. The molecule has 0 bridgehead atoms. The van der Waals surface area contributed by atoms with Gasteiger partial charge in [0, 0.05) is 12.1 Å². The van der Waals surface area contributed by atoms with Crippen LogP contribution in [0.5, 0.6) is 5.75 Å². The molecule has 13 heavy (non-hydrogen) atoms. The van der Waals surface area contributed by atoms with Crippen LogP contribution in [0, 0.1) is 0 Å². The number of hydrogen-bond acceptors (Lipinski definition) is 3. The van der Waals surface area contributed by atoms with E-state index in [2.05, 4.69) is 4.98 Å². The molecular formula is C7H7ClF2N2O. The van der Waals surface area contributed by atoms with Crippen LogP contribution in [0.1, 0.15) is 17.7 Å². The average Bonchev–Trinajstić information content (AvgIpc) is 2.09. The lowest BCUT2D eigenvalue weighted by Gasteiger charge is -2.06. The molecule has 0 amide bonds. The number of aromatic hydroxyl groups is 1. The first kappa shape index (κ1) is 10.1. The van der Waals surface area contributed by atoms with Crippen LogP contribution in [0.2, 0.25) is 5.15 Å². The minimum absolute atomic E-state index is 0.0617. The van der Waals surface area contributed by atoms with Gasteiger partial charge in [-0.2, -0.15) is 0 Å². The smallest absolute Gasteiger partial charge is 0.280 e. The Morgan fingerprint density at radius 2 is 2.23 bits per heavy atom. The summed E-state index contributed by atoms with van der Waals surface area (Å²) in [6.45, 7) is -0.0617. The van der Waals surface area contributed by atoms with Crippen LogP contribution in [-0.2, 0) is 6.54 Å². The van der Waals surface area contributed by atoms with E-state index in [0.29, 0.717) is 0 Å². The van der Waals surface area contributed by atoms with Crippen molar-refractivity contribution in [3.63, 3.8) is 0 Å². The van der Waals surface area contributed by atoms with E-state index in [1.807, 2.05) is 0 Å². The maximum absolute atomic E-state index is 12.2. The SMILES string of the molecule is NCc1cc(C(F)F)nc(Cl)c1O. The molecule has 0 fully saturated rings. The molecule has 1 rings (SSSR count). The van der Waals surface area contributed by atoms with Crippen LogP contribution in [0.15, 0.2) is 6.07 Å². The molecule has 0 aromatic carbocycles. The predicted molar refractivity (Wildman–Crippen MR) is 43.8 cm³/mol. The van der Waals surface area contributed by atoms with Crippen molar-refractivity contribution < 1.29 is 13.9 Å². The molecule has 3 nitrogen and oxygen atoms in total. The average molecular weight is 209 g/mol. The van der Waals surface area contributed by atoms with Gasteiger partial charge >= 0.3 is 0 Å². The third kappa shape index (κ3) is 2.05. The molecule has 0 saturated carbocycles. The minimum atomic E-state index is -2.72. The Morgan fingerprint density at radius 3 is 2.69 bits per heavy atom. The quantitative estimate of drug-likeness (QED) is 0.729. The fourth-order valence-electron chi connectivity index (χ4n) is 0.845. The van der Waals surface area contributed by atoms with E-state index in [0.717, 1.165) is 6.07 Å². The van der Waals surface area contributed by atoms with Gasteiger partial charge in [-0.1, -0.05) is 11.6 Å². The van der Waals surface area contributed by atoms with E-state index < -0.39 is 12.1 Å². The van der Waals surface area contributed by atoms with Crippen LogP contribution >= 0.6 is 11.6 Å². The summed E-state index contributed by atoms with van der Waals surface area (Å²) in [6, 6.07) is 1.03. The Kier molecular flexibility index (Phi) is 3.00. The van der Waals surface area contributed by atoms with Crippen molar-refractivity contribution in [2.24, 2.45) is 5.73 Å². The summed E-state index contributed by atoms with van der Waals surface area (Å²) < 4.78 is 24.3. The zero-order chi connectivity index (χ0) is 10.0. The van der Waals surface area contributed by atoms with Gasteiger partial charge in [0.05, 0.1) is 0 Å². The number of alkyl halides is 2. The predicted octanol–water partition coefficient (Wildman–Crippen LogP) is 1.84. The van der Waals surface area contributed by atoms with Crippen LogP contribution in [0.3, 0.4) is 0 Å². The summed E-state index contributed by atoms with van der Waals surface area (Å²) >= 11 is 5.39. The summed E-state index contributed by atoms with van der Waals surface area (Å²) in [6.07, 6.45) is -2.72. The van der Waals surface area contributed by atoms with Gasteiger partial charge in [-0.3, -0.25) is 0 Å². The van der Waals surface area contributed by atoms with Gasteiger partial charge in [0.2, 0.25) is 0 Å². The van der Waals surface area contributed by atoms with Gasteiger partial charge in [0.1, 0.15) is 5.69 Å². The Hall–Kier alpha value is -0.940. The van der Waals surface area contributed by atoms with Gasteiger partial charge in [-0.15, -0.1) is 0 Å². The highest BCUT2D eigenvalue weighted by Crippen LogP contribution is 2.29. The van der Waals surface area contributed by atoms with E-state index in [1.54, 1.807) is 0 Å². The van der Waals surface area contributed by atoms with Crippen molar-refractivity contribution >= 4 is 11.6 Å². The van der Waals surface area contributed by atoms with Gasteiger partial charge < -0.3 is 10.8 Å². The van der Waals surface area contributed by atoms with Crippen molar-refractivity contribution in [3.8, 4) is 5.75 Å². The zero-order valence-corrected chi connectivity index (χ0v) is 7.22. The molecule has 0 radical (unpaired) electrons. The summed E-state index contributed by atoms with van der Waals surface area (Å²) in [4.78, 5) is 3.29. The number of pyridine rings is 1. The largest absolute Gasteiger partial charge is 0.504 e. The topological polar surface area (TPSA) is 59.1 Å². The first-order valence-electron chi connectivity index (χ1n) is 3.42. The molecule has 6 heteroatoms. The monoisotopic (exact) mass is 208 g/mol. The Balaban J connectivity index is 3.22. The lowest BCUT2D eigenvalue weighted by Crippen LogP contribution is -2.01. The van der Waals surface area contributed by atoms with Crippen molar-refractivity contribution in [2.75, 3.05) is 0 Å². The number of aromatic nitrogens is 1. The fourth-order valence-corrected chi connectivity index (χ4v) is 1.06. The van der Waals surface area contributed by atoms with E-state index in [1.165, 1.54) is 0 Å². The second-order valence-corrected chi connectivity index (χ2v) is 2.71. The van der Waals surface area contributed by atoms with Crippen molar-refractivity contribution in [1.29, 1.82) is 0 Å². The van der Waals surface area contributed by atoms with Crippen molar-refractivity contribution in [1.82, 2.24) is 4.98 Å². The van der Waals surface area contributed by atoms with Gasteiger partial charge in [-0.25, -0.2) is 13.8 Å². The standard InChI is InChI=1S/C7H7ClF2N2O/c8-6-5(13)3(2-11)1-4(12-6)7(9)10/h1,7,13H,2,11H2. The third-order valence-electron chi connectivity index (χ3n) is 1.49. The lowest BCUT2D eigenvalue weighted by molar-refractivity contribution is 0.146. The third-order valence-corrected chi connectivity index (χ3v) is 1.76. The molecule has 1 aromatic rings. The van der Waals surface area contributed by atoms with E-state index >= 15 is 0 Å². The van der Waals surface area contributed by atoms with E-state index in [9.17, 15) is 13.9 Å².